The van der Waals surface area contributed by atoms with Crippen molar-refractivity contribution in [3.8, 4) is 0 Å². The first kappa shape index (κ1) is 19.1. The Kier molecular flexibility index (Phi) is 5.06. The molecule has 1 aliphatic heterocycles. The molecule has 9 heteroatoms. The molecule has 29 heavy (non-hydrogen) atoms. The summed E-state index contributed by atoms with van der Waals surface area (Å²) >= 11 is 0. The molecule has 1 aliphatic carbocycles. The number of carbonyl (C=O) groups is 2. The molecule has 2 amide bonds. The van der Waals surface area contributed by atoms with E-state index in [1.807, 2.05) is 18.3 Å². The van der Waals surface area contributed by atoms with Gasteiger partial charge in [-0.3, -0.25) is 9.59 Å². The van der Waals surface area contributed by atoms with Gasteiger partial charge in [-0.05, 0) is 43.1 Å². The highest BCUT2D eigenvalue weighted by Gasteiger charge is 2.44. The molecule has 2 aromatic heterocycles. The first-order chi connectivity index (χ1) is 13.9. The van der Waals surface area contributed by atoms with Crippen LogP contribution in [0.4, 0.5) is 17.3 Å². The Morgan fingerprint density at radius 1 is 1.07 bits per heavy atom. The number of anilines is 3. The summed E-state index contributed by atoms with van der Waals surface area (Å²) in [5, 5.41) is 3.16. The van der Waals surface area contributed by atoms with Crippen LogP contribution >= 0.6 is 0 Å². The van der Waals surface area contributed by atoms with Gasteiger partial charge in [-0.1, -0.05) is 0 Å². The predicted octanol–water partition coefficient (Wildman–Crippen LogP) is 0.660. The van der Waals surface area contributed by atoms with Gasteiger partial charge in [-0.25, -0.2) is 9.97 Å². The average molecular weight is 395 g/mol. The highest BCUT2D eigenvalue weighted by Crippen LogP contribution is 2.48. The lowest BCUT2D eigenvalue weighted by atomic mass is 10.0. The number of rotatable bonds is 6. The third-order valence-corrected chi connectivity index (χ3v) is 5.63. The zero-order chi connectivity index (χ0) is 20.5. The van der Waals surface area contributed by atoms with Crippen molar-refractivity contribution in [2.75, 3.05) is 43.4 Å². The summed E-state index contributed by atoms with van der Waals surface area (Å²) in [5.41, 5.74) is 13.0. The first-order valence-electron chi connectivity index (χ1n) is 9.68. The fraction of sp³-hybridized carbons (Fsp3) is 0.400. The van der Waals surface area contributed by atoms with E-state index in [1.165, 1.54) is 6.20 Å². The van der Waals surface area contributed by atoms with Crippen molar-refractivity contribution >= 4 is 29.1 Å². The smallest absolute Gasteiger partial charge is 0.250 e. The van der Waals surface area contributed by atoms with Crippen LogP contribution in [0.3, 0.4) is 0 Å². The monoisotopic (exact) mass is 395 g/mol. The van der Waals surface area contributed by atoms with Gasteiger partial charge in [-0.2, -0.15) is 0 Å². The van der Waals surface area contributed by atoms with Crippen molar-refractivity contribution in [1.82, 2.24) is 14.9 Å². The van der Waals surface area contributed by atoms with Crippen molar-refractivity contribution < 1.29 is 9.59 Å². The van der Waals surface area contributed by atoms with E-state index in [4.69, 9.17) is 11.5 Å². The number of likely N-dealkylation sites (N-methyl/N-ethyl adjacent to an activating group) is 1. The molecule has 4 rings (SSSR count). The van der Waals surface area contributed by atoms with Gasteiger partial charge < -0.3 is 26.6 Å². The molecule has 0 spiro atoms. The summed E-state index contributed by atoms with van der Waals surface area (Å²) in [6.45, 7) is 4.03. The maximum Gasteiger partial charge on any atom is 0.250 e. The van der Waals surface area contributed by atoms with Gasteiger partial charge in [0.1, 0.15) is 11.6 Å². The van der Waals surface area contributed by atoms with Gasteiger partial charge in [-0.15, -0.1) is 0 Å². The molecule has 0 radical (unpaired) electrons. The topological polar surface area (TPSA) is 130 Å². The molecule has 2 aromatic rings. The molecule has 0 aromatic carbocycles. The van der Waals surface area contributed by atoms with E-state index in [0.717, 1.165) is 31.9 Å². The number of carbonyl (C=O) groups excluding carboxylic acids is 2. The van der Waals surface area contributed by atoms with Crippen LogP contribution in [-0.2, 0) is 4.79 Å². The Hall–Kier alpha value is -3.20. The third kappa shape index (κ3) is 4.14. The summed E-state index contributed by atoms with van der Waals surface area (Å²) in [4.78, 5) is 36.6. The van der Waals surface area contributed by atoms with E-state index >= 15 is 0 Å². The minimum atomic E-state index is -0.566. The van der Waals surface area contributed by atoms with E-state index in [0.29, 0.717) is 29.2 Å². The highest BCUT2D eigenvalue weighted by atomic mass is 16.1. The Labute approximate surface area is 169 Å². The van der Waals surface area contributed by atoms with E-state index in [2.05, 4.69) is 32.1 Å². The number of nitrogens with one attached hydrogen (secondary N) is 1. The van der Waals surface area contributed by atoms with Crippen LogP contribution < -0.4 is 21.7 Å². The number of nitrogens with two attached hydrogens (primary N) is 2. The molecular formula is C20H25N7O2. The average Bonchev–Trinajstić information content (AvgIpc) is 3.50. The summed E-state index contributed by atoms with van der Waals surface area (Å²) < 4.78 is 0. The first-order valence-corrected chi connectivity index (χ1v) is 9.68. The second-order valence-electron chi connectivity index (χ2n) is 7.69. The summed E-state index contributed by atoms with van der Waals surface area (Å²) in [7, 11) is 2.13. The molecule has 2 fully saturated rings. The molecule has 2 atom stereocenters. The fourth-order valence-electron chi connectivity index (χ4n) is 3.75. The number of piperazine rings is 1. The van der Waals surface area contributed by atoms with E-state index < -0.39 is 5.91 Å². The maximum absolute atomic E-state index is 11.7. The zero-order valence-electron chi connectivity index (χ0n) is 16.3. The van der Waals surface area contributed by atoms with Crippen molar-refractivity contribution in [2.24, 2.45) is 17.4 Å². The summed E-state index contributed by atoms with van der Waals surface area (Å²) in [6, 6.07) is 5.69. The van der Waals surface area contributed by atoms with Crippen LogP contribution in [0.1, 0.15) is 28.3 Å². The van der Waals surface area contributed by atoms with Gasteiger partial charge in [0.25, 0.3) is 5.91 Å². The van der Waals surface area contributed by atoms with Crippen LogP contribution in [0.2, 0.25) is 0 Å². The van der Waals surface area contributed by atoms with Crippen LogP contribution in [0.25, 0.3) is 0 Å². The Morgan fingerprint density at radius 3 is 2.38 bits per heavy atom. The van der Waals surface area contributed by atoms with E-state index in [-0.39, 0.29) is 17.7 Å². The van der Waals surface area contributed by atoms with Crippen molar-refractivity contribution in [3.63, 3.8) is 0 Å². The van der Waals surface area contributed by atoms with Crippen LogP contribution in [0, 0.1) is 5.92 Å². The SMILES string of the molecule is CN1CCN(c2ccc(Nc3cc(C4CC4C(N)=O)c(C(N)=O)cn3)nc2)CC1. The lowest BCUT2D eigenvalue weighted by Crippen LogP contribution is -2.44. The lowest BCUT2D eigenvalue weighted by Gasteiger charge is -2.33. The number of hydrogen-bond acceptors (Lipinski definition) is 7. The quantitative estimate of drug-likeness (QED) is 0.655. The van der Waals surface area contributed by atoms with Crippen molar-refractivity contribution in [3.05, 3.63) is 41.7 Å². The van der Waals surface area contributed by atoms with E-state index in [1.54, 1.807) is 6.07 Å². The molecule has 1 saturated carbocycles. The minimum Gasteiger partial charge on any atom is -0.369 e. The number of aromatic nitrogens is 2. The van der Waals surface area contributed by atoms with Crippen LogP contribution in [0.15, 0.2) is 30.6 Å². The Morgan fingerprint density at radius 2 is 1.79 bits per heavy atom. The molecule has 2 unspecified atom stereocenters. The number of pyridine rings is 2. The number of hydrogen-bond donors (Lipinski definition) is 3. The lowest BCUT2D eigenvalue weighted by molar-refractivity contribution is -0.119. The van der Waals surface area contributed by atoms with Crippen LogP contribution in [0.5, 0.6) is 0 Å². The maximum atomic E-state index is 11.7. The minimum absolute atomic E-state index is 0.0916. The fourth-order valence-corrected chi connectivity index (χ4v) is 3.75. The zero-order valence-corrected chi connectivity index (χ0v) is 16.3. The third-order valence-electron chi connectivity index (χ3n) is 5.63. The summed E-state index contributed by atoms with van der Waals surface area (Å²) in [5.74, 6) is -0.0902. The van der Waals surface area contributed by atoms with Gasteiger partial charge >= 0.3 is 0 Å². The summed E-state index contributed by atoms with van der Waals surface area (Å²) in [6.07, 6.45) is 3.91. The number of nitrogens with zero attached hydrogens (tertiary/aromatic N) is 4. The van der Waals surface area contributed by atoms with Crippen LogP contribution in [-0.4, -0.2) is 59.9 Å². The predicted molar refractivity (Wildman–Crippen MR) is 110 cm³/mol. The molecule has 3 heterocycles. The number of amides is 2. The van der Waals surface area contributed by atoms with Gasteiger partial charge in [0.2, 0.25) is 5.91 Å². The number of primary amides is 2. The van der Waals surface area contributed by atoms with Gasteiger partial charge in [0.05, 0.1) is 17.4 Å². The van der Waals surface area contributed by atoms with E-state index in [9.17, 15) is 9.59 Å². The molecule has 152 valence electrons. The molecule has 9 nitrogen and oxygen atoms in total. The Bertz CT molecular complexity index is 923. The van der Waals surface area contributed by atoms with Crippen molar-refractivity contribution in [2.45, 2.75) is 12.3 Å². The Balaban J connectivity index is 1.49. The molecule has 2 aliphatic rings. The normalized spacial score (nSPS) is 21.6. The molecule has 1 saturated heterocycles. The second kappa shape index (κ2) is 7.67. The molecule has 0 bridgehead atoms. The molecule has 5 N–H and O–H groups in total. The van der Waals surface area contributed by atoms with Gasteiger partial charge in [0, 0.05) is 38.3 Å². The van der Waals surface area contributed by atoms with Gasteiger partial charge in [0.15, 0.2) is 0 Å². The highest BCUT2D eigenvalue weighted by molar-refractivity contribution is 5.95. The second-order valence-corrected chi connectivity index (χ2v) is 7.69. The molecular weight excluding hydrogens is 370 g/mol. The standard InChI is InChI=1S/C20H25N7O2/c1-26-4-6-27(7-5-26)12-2-3-17(23-10-12)25-18-9-14(13-8-15(13)19(21)28)16(11-24-18)20(22)29/h2-3,9-11,13,15H,4-8H2,1H3,(H2,21,28)(H2,22,29)(H,23,24,25). The van der Waals surface area contributed by atoms with Crippen molar-refractivity contribution in [1.29, 1.82) is 0 Å². The largest absolute Gasteiger partial charge is 0.369 e.